The molecule has 0 spiro atoms. The lowest BCUT2D eigenvalue weighted by Crippen LogP contribution is -2.40. The van der Waals surface area contributed by atoms with E-state index < -0.39 is 11.5 Å². The van der Waals surface area contributed by atoms with Crippen molar-refractivity contribution in [2.45, 2.75) is 31.3 Å². The molecule has 0 radical (unpaired) electrons. The molecule has 7 heteroatoms. The number of methoxy groups -OCH3 is 1. The van der Waals surface area contributed by atoms with Crippen molar-refractivity contribution in [2.75, 3.05) is 12.4 Å². The molecular formula is C16H17FN2O3S. The van der Waals surface area contributed by atoms with Crippen molar-refractivity contribution in [1.82, 2.24) is 4.98 Å². The Morgan fingerprint density at radius 3 is 2.87 bits per heavy atom. The second-order valence-electron chi connectivity index (χ2n) is 5.58. The Balaban J connectivity index is 1.81. The van der Waals surface area contributed by atoms with Gasteiger partial charge in [0.15, 0.2) is 5.13 Å². The van der Waals surface area contributed by atoms with Gasteiger partial charge in [0.1, 0.15) is 17.2 Å². The molecule has 1 aliphatic rings. The van der Waals surface area contributed by atoms with Gasteiger partial charge in [0, 0.05) is 10.9 Å². The molecule has 23 heavy (non-hydrogen) atoms. The zero-order chi connectivity index (χ0) is 16.4. The molecule has 0 atom stereocenters. The zero-order valence-electron chi connectivity index (χ0n) is 12.6. The molecule has 1 fully saturated rings. The van der Waals surface area contributed by atoms with Gasteiger partial charge in [-0.3, -0.25) is 10.1 Å². The fraction of sp³-hybridized carbons (Fsp3) is 0.375. The van der Waals surface area contributed by atoms with E-state index in [1.165, 1.54) is 36.6 Å². The molecule has 1 heterocycles. The van der Waals surface area contributed by atoms with Crippen molar-refractivity contribution in [3.05, 3.63) is 29.4 Å². The Bertz CT molecular complexity index is 726. The van der Waals surface area contributed by atoms with Gasteiger partial charge in [-0.1, -0.05) is 0 Å². The number of rotatable bonds is 4. The number of ether oxygens (including phenoxy) is 1. The molecule has 1 aliphatic carbocycles. The number of nitrogens with zero attached hydrogens (tertiary/aromatic N) is 1. The lowest BCUT2D eigenvalue weighted by molar-refractivity contribution is -0.133. The van der Waals surface area contributed by atoms with Crippen LogP contribution in [-0.2, 0) is 4.79 Å². The normalized spacial score (nSPS) is 16.3. The van der Waals surface area contributed by atoms with Crippen molar-refractivity contribution in [2.24, 2.45) is 0 Å². The van der Waals surface area contributed by atoms with Crippen LogP contribution in [0.2, 0.25) is 0 Å². The quantitative estimate of drug-likeness (QED) is 0.899. The largest absolute Gasteiger partial charge is 0.496 e. The zero-order valence-corrected chi connectivity index (χ0v) is 13.5. The lowest BCUT2D eigenvalue weighted by Gasteiger charge is -2.19. The van der Waals surface area contributed by atoms with Crippen LogP contribution in [0.25, 0.3) is 11.3 Å². The van der Waals surface area contributed by atoms with E-state index in [1.807, 2.05) is 0 Å². The number of carbonyl (C=O) groups is 1. The highest BCUT2D eigenvalue weighted by molar-refractivity contribution is 7.14. The Kier molecular flexibility index (Phi) is 4.32. The number of nitrogens with one attached hydrogen (secondary N) is 1. The smallest absolute Gasteiger partial charge is 0.258 e. The summed E-state index contributed by atoms with van der Waals surface area (Å²) in [5, 5.41) is 15.0. The number of hydrogen-bond donors (Lipinski definition) is 2. The third-order valence-corrected chi connectivity index (χ3v) is 4.77. The number of anilines is 1. The first-order chi connectivity index (χ1) is 11.0. The second kappa shape index (κ2) is 6.25. The molecule has 1 aromatic carbocycles. The van der Waals surface area contributed by atoms with E-state index in [0.717, 1.165) is 12.8 Å². The number of amides is 1. The fourth-order valence-corrected chi connectivity index (χ4v) is 3.44. The van der Waals surface area contributed by atoms with E-state index in [4.69, 9.17) is 4.74 Å². The van der Waals surface area contributed by atoms with Crippen molar-refractivity contribution in [1.29, 1.82) is 0 Å². The van der Waals surface area contributed by atoms with E-state index >= 15 is 0 Å². The predicted molar refractivity (Wildman–Crippen MR) is 86.1 cm³/mol. The molecule has 1 saturated carbocycles. The van der Waals surface area contributed by atoms with Crippen molar-refractivity contribution >= 4 is 22.4 Å². The van der Waals surface area contributed by atoms with Gasteiger partial charge in [0.25, 0.3) is 5.91 Å². The predicted octanol–water partition coefficient (Wildman–Crippen LogP) is 3.20. The third-order valence-electron chi connectivity index (χ3n) is 4.02. The summed E-state index contributed by atoms with van der Waals surface area (Å²) in [6.07, 6.45) is 2.62. The summed E-state index contributed by atoms with van der Waals surface area (Å²) in [5.74, 6) is -0.314. The first-order valence-electron chi connectivity index (χ1n) is 7.35. The van der Waals surface area contributed by atoms with Gasteiger partial charge < -0.3 is 9.84 Å². The maximum absolute atomic E-state index is 13.5. The Labute approximate surface area is 137 Å². The highest BCUT2D eigenvalue weighted by Crippen LogP contribution is 2.34. The number of hydrogen-bond acceptors (Lipinski definition) is 5. The van der Waals surface area contributed by atoms with E-state index in [0.29, 0.717) is 35.0 Å². The second-order valence-corrected chi connectivity index (χ2v) is 6.43. The molecule has 0 bridgehead atoms. The molecule has 1 aromatic heterocycles. The average Bonchev–Trinajstić information content (AvgIpc) is 3.17. The van der Waals surface area contributed by atoms with Crippen LogP contribution < -0.4 is 10.1 Å². The lowest BCUT2D eigenvalue weighted by atomic mass is 10.0. The summed E-state index contributed by atoms with van der Waals surface area (Å²) in [6, 6.07) is 4.18. The van der Waals surface area contributed by atoms with Crippen LogP contribution in [-0.4, -0.2) is 28.7 Å². The standard InChI is InChI=1S/C16H17FN2O3S/c1-22-13-5-4-10(17)8-11(13)12-9-23-15(18-12)19-14(20)16(21)6-2-3-7-16/h4-5,8-9,21H,2-3,6-7H2,1H3,(H,18,19,20). The van der Waals surface area contributed by atoms with Crippen molar-refractivity contribution in [3.63, 3.8) is 0 Å². The minimum Gasteiger partial charge on any atom is -0.496 e. The van der Waals surface area contributed by atoms with Crippen LogP contribution in [0.4, 0.5) is 9.52 Å². The van der Waals surface area contributed by atoms with Gasteiger partial charge in [-0.2, -0.15) is 0 Å². The topological polar surface area (TPSA) is 71.5 Å². The number of carbonyl (C=O) groups excluding carboxylic acids is 1. The van der Waals surface area contributed by atoms with Gasteiger partial charge in [-0.05, 0) is 43.9 Å². The first-order valence-corrected chi connectivity index (χ1v) is 8.23. The van der Waals surface area contributed by atoms with E-state index in [2.05, 4.69) is 10.3 Å². The number of aliphatic hydroxyl groups is 1. The van der Waals surface area contributed by atoms with Crippen LogP contribution in [0, 0.1) is 5.82 Å². The molecule has 1 amide bonds. The van der Waals surface area contributed by atoms with Gasteiger partial charge >= 0.3 is 0 Å². The van der Waals surface area contributed by atoms with Crippen molar-refractivity contribution < 1.29 is 19.0 Å². The molecule has 2 aromatic rings. The van der Waals surface area contributed by atoms with E-state index in [9.17, 15) is 14.3 Å². The van der Waals surface area contributed by atoms with Gasteiger partial charge in [0.05, 0.1) is 12.8 Å². The summed E-state index contributed by atoms with van der Waals surface area (Å²) in [4.78, 5) is 16.5. The summed E-state index contributed by atoms with van der Waals surface area (Å²) < 4.78 is 18.7. The maximum Gasteiger partial charge on any atom is 0.258 e. The minimum absolute atomic E-state index is 0.372. The molecule has 0 saturated heterocycles. The average molecular weight is 336 g/mol. The fourth-order valence-electron chi connectivity index (χ4n) is 2.74. The number of halogens is 1. The van der Waals surface area contributed by atoms with E-state index in [-0.39, 0.29) is 5.82 Å². The molecule has 5 nitrogen and oxygen atoms in total. The van der Waals surface area contributed by atoms with Crippen LogP contribution in [0.3, 0.4) is 0 Å². The first kappa shape index (κ1) is 15.9. The highest BCUT2D eigenvalue weighted by Gasteiger charge is 2.39. The molecule has 2 N–H and O–H groups in total. The van der Waals surface area contributed by atoms with Gasteiger partial charge in [0.2, 0.25) is 0 Å². The van der Waals surface area contributed by atoms with E-state index in [1.54, 1.807) is 5.38 Å². The van der Waals surface area contributed by atoms with Gasteiger partial charge in [-0.25, -0.2) is 9.37 Å². The summed E-state index contributed by atoms with van der Waals surface area (Å²) in [6.45, 7) is 0. The number of aromatic nitrogens is 1. The number of benzene rings is 1. The van der Waals surface area contributed by atoms with Crippen LogP contribution in [0.15, 0.2) is 23.6 Å². The van der Waals surface area contributed by atoms with Crippen LogP contribution in [0.1, 0.15) is 25.7 Å². The molecule has 122 valence electrons. The Hall–Kier alpha value is -1.99. The SMILES string of the molecule is COc1ccc(F)cc1-c1csc(NC(=O)C2(O)CCCC2)n1. The molecule has 0 unspecified atom stereocenters. The maximum atomic E-state index is 13.5. The highest BCUT2D eigenvalue weighted by atomic mass is 32.1. The summed E-state index contributed by atoms with van der Waals surface area (Å²) in [7, 11) is 1.50. The van der Waals surface area contributed by atoms with Crippen LogP contribution in [0.5, 0.6) is 5.75 Å². The molecular weight excluding hydrogens is 319 g/mol. The number of thiazole rings is 1. The molecule has 3 rings (SSSR count). The summed E-state index contributed by atoms with van der Waals surface area (Å²) in [5.41, 5.74) is -0.272. The minimum atomic E-state index is -1.30. The monoisotopic (exact) mass is 336 g/mol. The van der Waals surface area contributed by atoms with Crippen LogP contribution >= 0.6 is 11.3 Å². The Morgan fingerprint density at radius 2 is 2.17 bits per heavy atom. The third kappa shape index (κ3) is 3.20. The summed E-state index contributed by atoms with van der Waals surface area (Å²) >= 11 is 1.22. The molecule has 0 aliphatic heterocycles. The Morgan fingerprint density at radius 1 is 1.43 bits per heavy atom. The van der Waals surface area contributed by atoms with Gasteiger partial charge in [-0.15, -0.1) is 11.3 Å². The van der Waals surface area contributed by atoms with Crippen molar-refractivity contribution in [3.8, 4) is 17.0 Å².